The van der Waals surface area contributed by atoms with Crippen LogP contribution in [0.3, 0.4) is 0 Å². The number of hydrogen-bond donors (Lipinski definition) is 3. The molecular weight excluding hydrogens is 275 g/mol. The van der Waals surface area contributed by atoms with Gasteiger partial charge in [-0.25, -0.2) is 4.39 Å². The number of aryl methyl sites for hydroxylation is 1. The molecule has 112 valence electrons. The first-order valence-corrected chi connectivity index (χ1v) is 6.63. The molecule has 0 atom stereocenters. The summed E-state index contributed by atoms with van der Waals surface area (Å²) in [6.45, 7) is 4.03. The Balaban J connectivity index is 2.15. The lowest BCUT2D eigenvalue weighted by molar-refractivity contribution is 0.102. The maximum Gasteiger partial charge on any atom is 0.278 e. The van der Waals surface area contributed by atoms with E-state index < -0.39 is 11.7 Å². The van der Waals surface area contributed by atoms with Gasteiger partial charge in [0.05, 0.1) is 18.0 Å². The van der Waals surface area contributed by atoms with Gasteiger partial charge in [0, 0.05) is 11.8 Å². The zero-order valence-electron chi connectivity index (χ0n) is 11.9. The molecule has 0 saturated heterocycles. The molecule has 2 aromatic rings. The molecule has 1 heterocycles. The minimum atomic E-state index is -0.543. The molecule has 2 rings (SSSR count). The molecule has 1 aromatic heterocycles. The largest absolute Gasteiger partial charge is 0.491 e. The summed E-state index contributed by atoms with van der Waals surface area (Å²) in [5, 5.41) is 9.12. The minimum Gasteiger partial charge on any atom is -0.491 e. The predicted octanol–water partition coefficient (Wildman–Crippen LogP) is 2.34. The molecule has 0 saturated carbocycles. The third-order valence-corrected chi connectivity index (χ3v) is 2.94. The second kappa shape index (κ2) is 6.25. The molecule has 0 spiro atoms. The zero-order chi connectivity index (χ0) is 15.4. The Hall–Kier alpha value is -2.57. The average molecular weight is 292 g/mol. The topological polar surface area (TPSA) is 93.0 Å². The molecule has 0 aliphatic carbocycles. The predicted molar refractivity (Wildman–Crippen MR) is 77.9 cm³/mol. The van der Waals surface area contributed by atoms with Gasteiger partial charge in [-0.3, -0.25) is 9.89 Å². The molecular formula is C14H17FN4O2. The normalized spacial score (nSPS) is 10.4. The number of nitrogens with zero attached hydrogens (tertiary/aromatic N) is 1. The zero-order valence-corrected chi connectivity index (χ0v) is 11.9. The third-order valence-electron chi connectivity index (χ3n) is 2.94. The van der Waals surface area contributed by atoms with Crippen LogP contribution in [0.4, 0.5) is 15.8 Å². The van der Waals surface area contributed by atoms with Gasteiger partial charge in [-0.15, -0.1) is 0 Å². The number of carbonyl (C=O) groups excluding carboxylic acids is 1. The van der Waals surface area contributed by atoms with Crippen LogP contribution in [0, 0.1) is 5.82 Å². The van der Waals surface area contributed by atoms with Gasteiger partial charge in [0.2, 0.25) is 0 Å². The van der Waals surface area contributed by atoms with Crippen molar-refractivity contribution in [1.29, 1.82) is 0 Å². The van der Waals surface area contributed by atoms with Crippen molar-refractivity contribution < 1.29 is 13.9 Å². The summed E-state index contributed by atoms with van der Waals surface area (Å²) in [5.41, 5.74) is 7.22. The van der Waals surface area contributed by atoms with Crippen LogP contribution in [0.15, 0.2) is 18.2 Å². The Morgan fingerprint density at radius 2 is 2.24 bits per heavy atom. The number of halogens is 1. The van der Waals surface area contributed by atoms with Crippen LogP contribution < -0.4 is 15.8 Å². The third kappa shape index (κ3) is 3.13. The van der Waals surface area contributed by atoms with Gasteiger partial charge in [-0.1, -0.05) is 6.92 Å². The van der Waals surface area contributed by atoms with E-state index >= 15 is 0 Å². The number of rotatable bonds is 5. The maximum atomic E-state index is 13.7. The van der Waals surface area contributed by atoms with Gasteiger partial charge in [-0.05, 0) is 25.5 Å². The fourth-order valence-electron chi connectivity index (χ4n) is 1.87. The molecule has 0 unspecified atom stereocenters. The molecule has 1 aromatic carbocycles. The highest BCUT2D eigenvalue weighted by Crippen LogP contribution is 2.22. The first kappa shape index (κ1) is 14.8. The number of aromatic amines is 1. The first-order chi connectivity index (χ1) is 10.1. The number of ether oxygens (including phenoxy) is 1. The van der Waals surface area contributed by atoms with Gasteiger partial charge < -0.3 is 15.8 Å². The Morgan fingerprint density at radius 1 is 1.48 bits per heavy atom. The number of aromatic nitrogens is 2. The van der Waals surface area contributed by atoms with E-state index in [9.17, 15) is 9.18 Å². The number of nitrogens with one attached hydrogen (secondary N) is 2. The van der Waals surface area contributed by atoms with E-state index in [-0.39, 0.29) is 11.4 Å². The number of anilines is 2. The second-order valence-corrected chi connectivity index (χ2v) is 4.35. The van der Waals surface area contributed by atoms with E-state index in [0.29, 0.717) is 30.1 Å². The number of amides is 1. The summed E-state index contributed by atoms with van der Waals surface area (Å²) in [4.78, 5) is 12.1. The van der Waals surface area contributed by atoms with Gasteiger partial charge >= 0.3 is 0 Å². The van der Waals surface area contributed by atoms with Crippen molar-refractivity contribution in [1.82, 2.24) is 10.2 Å². The SMILES string of the molecule is CCOc1ccc(NC(=O)c2n[nH]c(CC)c2N)cc1F. The number of hydrogen-bond acceptors (Lipinski definition) is 4. The van der Waals surface area contributed by atoms with Gasteiger partial charge in [0.25, 0.3) is 5.91 Å². The van der Waals surface area contributed by atoms with E-state index in [1.807, 2.05) is 6.92 Å². The fourth-order valence-corrected chi connectivity index (χ4v) is 1.87. The molecule has 0 aliphatic heterocycles. The van der Waals surface area contributed by atoms with Gasteiger partial charge in [0.15, 0.2) is 17.3 Å². The standard InChI is InChI=1S/C14H17FN4O2/c1-3-10-12(16)13(19-18-10)14(20)17-8-5-6-11(21-4-2)9(15)7-8/h5-7H,3-4,16H2,1-2H3,(H,17,20)(H,18,19). The lowest BCUT2D eigenvalue weighted by Crippen LogP contribution is -2.14. The van der Waals surface area contributed by atoms with Crippen LogP contribution in [0.1, 0.15) is 30.0 Å². The molecule has 0 radical (unpaired) electrons. The highest BCUT2D eigenvalue weighted by atomic mass is 19.1. The summed E-state index contributed by atoms with van der Waals surface area (Å²) in [6, 6.07) is 4.20. The van der Waals surface area contributed by atoms with Crippen LogP contribution in [0.5, 0.6) is 5.75 Å². The quantitative estimate of drug-likeness (QED) is 0.788. The Labute approximate surface area is 121 Å². The molecule has 0 fully saturated rings. The number of H-pyrrole nitrogens is 1. The molecule has 0 aliphatic rings. The van der Waals surface area contributed by atoms with Crippen LogP contribution in [0.25, 0.3) is 0 Å². The van der Waals surface area contributed by atoms with Crippen LogP contribution in [-0.2, 0) is 6.42 Å². The summed E-state index contributed by atoms with van der Waals surface area (Å²) in [5.74, 6) is -0.894. The van der Waals surface area contributed by atoms with Crippen LogP contribution in [0.2, 0.25) is 0 Å². The number of nitrogens with two attached hydrogens (primary N) is 1. The second-order valence-electron chi connectivity index (χ2n) is 4.35. The monoisotopic (exact) mass is 292 g/mol. The van der Waals surface area contributed by atoms with Crippen molar-refractivity contribution in [3.63, 3.8) is 0 Å². The highest BCUT2D eigenvalue weighted by molar-refractivity contribution is 6.06. The fraction of sp³-hybridized carbons (Fsp3) is 0.286. The van der Waals surface area contributed by atoms with Crippen molar-refractivity contribution in [3.8, 4) is 5.75 Å². The summed E-state index contributed by atoms with van der Waals surface area (Å²) in [6.07, 6.45) is 0.643. The Bertz CT molecular complexity index is 654. The van der Waals surface area contributed by atoms with E-state index in [4.69, 9.17) is 10.5 Å². The van der Waals surface area contributed by atoms with Crippen molar-refractivity contribution >= 4 is 17.3 Å². The molecule has 4 N–H and O–H groups in total. The summed E-state index contributed by atoms with van der Waals surface area (Å²) < 4.78 is 18.8. The van der Waals surface area contributed by atoms with Crippen molar-refractivity contribution in [2.75, 3.05) is 17.7 Å². The van der Waals surface area contributed by atoms with Gasteiger partial charge in [-0.2, -0.15) is 5.10 Å². The summed E-state index contributed by atoms with van der Waals surface area (Å²) in [7, 11) is 0. The highest BCUT2D eigenvalue weighted by Gasteiger charge is 2.17. The number of carbonyl (C=O) groups is 1. The number of nitrogen functional groups attached to an aromatic ring is 1. The average Bonchev–Trinajstić information content (AvgIpc) is 2.83. The Kier molecular flexibility index (Phi) is 4.42. The first-order valence-electron chi connectivity index (χ1n) is 6.63. The summed E-state index contributed by atoms with van der Waals surface area (Å²) >= 11 is 0. The lowest BCUT2D eigenvalue weighted by Gasteiger charge is -2.08. The number of benzene rings is 1. The van der Waals surface area contributed by atoms with E-state index in [1.54, 1.807) is 13.0 Å². The van der Waals surface area contributed by atoms with Crippen molar-refractivity contribution in [2.45, 2.75) is 20.3 Å². The lowest BCUT2D eigenvalue weighted by atomic mass is 10.2. The van der Waals surface area contributed by atoms with Crippen molar-refractivity contribution in [2.24, 2.45) is 0 Å². The van der Waals surface area contributed by atoms with Crippen LogP contribution in [-0.4, -0.2) is 22.7 Å². The van der Waals surface area contributed by atoms with E-state index in [1.165, 1.54) is 12.1 Å². The minimum absolute atomic E-state index is 0.0983. The molecule has 21 heavy (non-hydrogen) atoms. The van der Waals surface area contributed by atoms with E-state index in [2.05, 4.69) is 15.5 Å². The molecule has 1 amide bonds. The van der Waals surface area contributed by atoms with E-state index in [0.717, 1.165) is 0 Å². The van der Waals surface area contributed by atoms with Crippen LogP contribution >= 0.6 is 0 Å². The maximum absolute atomic E-state index is 13.7. The van der Waals surface area contributed by atoms with Crippen molar-refractivity contribution in [3.05, 3.63) is 35.4 Å². The van der Waals surface area contributed by atoms with Gasteiger partial charge in [0.1, 0.15) is 0 Å². The molecule has 7 heteroatoms. The molecule has 6 nitrogen and oxygen atoms in total. The molecule has 0 bridgehead atoms. The Morgan fingerprint density at radius 3 is 2.81 bits per heavy atom. The smallest absolute Gasteiger partial charge is 0.278 e.